The summed E-state index contributed by atoms with van der Waals surface area (Å²) in [6.45, 7) is 0. The molecule has 10 heteroatoms. The second-order valence-electron chi connectivity index (χ2n) is 4.81. The summed E-state index contributed by atoms with van der Waals surface area (Å²) in [6.07, 6.45) is 1.38. The van der Waals surface area contributed by atoms with Crippen LogP contribution in [0, 0.1) is 0 Å². The van der Waals surface area contributed by atoms with Gasteiger partial charge in [0.1, 0.15) is 9.23 Å². The number of carbonyl (C=O) groups excluding carboxylic acids is 1. The smallest absolute Gasteiger partial charge is 0.291 e. The Morgan fingerprint density at radius 1 is 1.08 bits per heavy atom. The Balaban J connectivity index is 1.80. The number of nitrogens with one attached hydrogen (secondary N) is 2. The van der Waals surface area contributed by atoms with Crippen molar-refractivity contribution in [2.24, 2.45) is 0 Å². The van der Waals surface area contributed by atoms with Crippen LogP contribution in [-0.4, -0.2) is 14.3 Å². The van der Waals surface area contributed by atoms with Gasteiger partial charge in [-0.15, -0.1) is 11.3 Å². The van der Waals surface area contributed by atoms with Crippen LogP contribution in [0.4, 0.5) is 11.4 Å². The van der Waals surface area contributed by atoms with Gasteiger partial charge in [-0.1, -0.05) is 29.3 Å². The molecule has 0 aliphatic rings. The molecule has 3 aromatic rings. The number of anilines is 2. The van der Waals surface area contributed by atoms with E-state index in [1.807, 2.05) is 0 Å². The third-order valence-corrected chi connectivity index (χ3v) is 6.17. The third-order valence-electron chi connectivity index (χ3n) is 3.03. The van der Waals surface area contributed by atoms with Crippen molar-refractivity contribution in [2.45, 2.75) is 4.90 Å². The summed E-state index contributed by atoms with van der Waals surface area (Å²) in [7, 11) is -3.90. The van der Waals surface area contributed by atoms with Crippen molar-refractivity contribution >= 4 is 61.8 Å². The molecule has 0 bridgehead atoms. The first-order valence-electron chi connectivity index (χ1n) is 6.78. The maximum Gasteiger partial charge on any atom is 0.291 e. The van der Waals surface area contributed by atoms with Gasteiger partial charge in [0, 0.05) is 5.69 Å². The van der Waals surface area contributed by atoms with E-state index in [0.717, 1.165) is 11.3 Å². The van der Waals surface area contributed by atoms with Crippen LogP contribution >= 0.6 is 34.5 Å². The Morgan fingerprint density at radius 2 is 1.84 bits per heavy atom. The second-order valence-corrected chi connectivity index (χ2v) is 8.74. The standard InChI is InChI=1S/C15H10Cl2N2O4S2/c16-13-8-12(14(17)24-13)25(21,22)19-10-4-1-3-9(7-10)18-15(20)11-5-2-6-23-11/h1-8,19H,(H,18,20). The minimum Gasteiger partial charge on any atom is -0.459 e. The van der Waals surface area contributed by atoms with Crippen LogP contribution in [0.1, 0.15) is 10.6 Å². The fraction of sp³-hybridized carbons (Fsp3) is 0. The van der Waals surface area contributed by atoms with Gasteiger partial charge in [-0.05, 0) is 36.4 Å². The lowest BCUT2D eigenvalue weighted by Gasteiger charge is -2.09. The molecular weight excluding hydrogens is 407 g/mol. The number of hydrogen-bond donors (Lipinski definition) is 2. The number of carbonyl (C=O) groups is 1. The van der Waals surface area contributed by atoms with Crippen molar-refractivity contribution in [3.8, 4) is 0 Å². The Kier molecular flexibility index (Phi) is 5.05. The van der Waals surface area contributed by atoms with E-state index in [4.69, 9.17) is 27.6 Å². The van der Waals surface area contributed by atoms with E-state index in [0.29, 0.717) is 5.69 Å². The topological polar surface area (TPSA) is 88.4 Å². The maximum absolute atomic E-state index is 12.4. The zero-order valence-corrected chi connectivity index (χ0v) is 15.5. The van der Waals surface area contributed by atoms with Gasteiger partial charge in [0.2, 0.25) is 0 Å². The van der Waals surface area contributed by atoms with Crippen LogP contribution < -0.4 is 10.0 Å². The maximum atomic E-state index is 12.4. The van der Waals surface area contributed by atoms with Crippen molar-refractivity contribution in [3.63, 3.8) is 0 Å². The van der Waals surface area contributed by atoms with Crippen molar-refractivity contribution in [3.05, 3.63) is 63.2 Å². The summed E-state index contributed by atoms with van der Waals surface area (Å²) < 4.78 is 32.6. The number of hydrogen-bond acceptors (Lipinski definition) is 5. The van der Waals surface area contributed by atoms with E-state index < -0.39 is 15.9 Å². The SMILES string of the molecule is O=C(Nc1cccc(NS(=O)(=O)c2cc(Cl)sc2Cl)c1)c1ccco1. The quantitative estimate of drug-likeness (QED) is 0.630. The van der Waals surface area contributed by atoms with E-state index in [9.17, 15) is 13.2 Å². The van der Waals surface area contributed by atoms with E-state index >= 15 is 0 Å². The first-order chi connectivity index (χ1) is 11.8. The monoisotopic (exact) mass is 416 g/mol. The molecule has 3 rings (SSSR count). The zero-order valence-electron chi connectivity index (χ0n) is 12.3. The molecule has 0 saturated carbocycles. The minimum absolute atomic E-state index is 0.0692. The van der Waals surface area contributed by atoms with Gasteiger partial charge in [-0.2, -0.15) is 0 Å². The van der Waals surface area contributed by atoms with Crippen molar-refractivity contribution in [2.75, 3.05) is 10.0 Å². The Labute approximate surface area is 157 Å². The summed E-state index contributed by atoms with van der Waals surface area (Å²) in [6, 6.07) is 10.6. The molecule has 0 spiro atoms. The van der Waals surface area contributed by atoms with Gasteiger partial charge < -0.3 is 9.73 Å². The molecule has 2 aromatic heterocycles. The molecule has 25 heavy (non-hydrogen) atoms. The first kappa shape index (κ1) is 17.8. The summed E-state index contributed by atoms with van der Waals surface area (Å²) in [4.78, 5) is 11.9. The van der Waals surface area contributed by atoms with E-state index in [-0.39, 0.29) is 25.0 Å². The third kappa shape index (κ3) is 4.16. The van der Waals surface area contributed by atoms with Crippen molar-refractivity contribution in [1.29, 1.82) is 0 Å². The second kappa shape index (κ2) is 7.09. The lowest BCUT2D eigenvalue weighted by Crippen LogP contribution is -2.14. The van der Waals surface area contributed by atoms with E-state index in [1.54, 1.807) is 24.3 Å². The van der Waals surface area contributed by atoms with Crippen LogP contribution in [0.15, 0.2) is 58.0 Å². The summed E-state index contributed by atoms with van der Waals surface area (Å²) in [5.74, 6) is -0.302. The molecule has 2 N–H and O–H groups in total. The number of thiophene rings is 1. The number of amides is 1. The molecular formula is C15H10Cl2N2O4S2. The van der Waals surface area contributed by atoms with Crippen LogP contribution in [0.3, 0.4) is 0 Å². The van der Waals surface area contributed by atoms with Crippen molar-refractivity contribution in [1.82, 2.24) is 0 Å². The van der Waals surface area contributed by atoms with Gasteiger partial charge in [0.15, 0.2) is 5.76 Å². The number of benzene rings is 1. The molecule has 0 fully saturated rings. The van der Waals surface area contributed by atoms with Gasteiger partial charge in [0.25, 0.3) is 15.9 Å². The largest absolute Gasteiger partial charge is 0.459 e. The van der Waals surface area contributed by atoms with Gasteiger partial charge >= 0.3 is 0 Å². The molecule has 2 heterocycles. The van der Waals surface area contributed by atoms with E-state index in [1.165, 1.54) is 24.5 Å². The summed E-state index contributed by atoms with van der Waals surface area (Å²) >= 11 is 12.7. The fourth-order valence-corrected chi connectivity index (χ4v) is 5.18. The molecule has 0 saturated heterocycles. The average Bonchev–Trinajstić information content (AvgIpc) is 3.17. The Hall–Kier alpha value is -2.00. The number of halogens is 2. The summed E-state index contributed by atoms with van der Waals surface area (Å²) in [5.41, 5.74) is 0.659. The van der Waals surface area contributed by atoms with Crippen LogP contribution in [0.2, 0.25) is 8.67 Å². The molecule has 0 atom stereocenters. The predicted octanol–water partition coefficient (Wildman–Crippen LogP) is 4.70. The normalized spacial score (nSPS) is 11.3. The highest BCUT2D eigenvalue weighted by atomic mass is 35.5. The lowest BCUT2D eigenvalue weighted by molar-refractivity contribution is 0.0996. The van der Waals surface area contributed by atoms with Crippen LogP contribution in [-0.2, 0) is 10.0 Å². The predicted molar refractivity (Wildman–Crippen MR) is 98.3 cm³/mol. The highest BCUT2D eigenvalue weighted by molar-refractivity contribution is 7.93. The van der Waals surface area contributed by atoms with Gasteiger partial charge in [0.05, 0.1) is 16.3 Å². The Morgan fingerprint density at radius 3 is 2.48 bits per heavy atom. The lowest BCUT2D eigenvalue weighted by atomic mass is 10.3. The molecule has 0 aliphatic heterocycles. The summed E-state index contributed by atoms with van der Waals surface area (Å²) in [5, 5.41) is 2.61. The molecule has 1 amide bonds. The molecule has 0 aliphatic carbocycles. The molecule has 0 radical (unpaired) electrons. The van der Waals surface area contributed by atoms with Crippen LogP contribution in [0.5, 0.6) is 0 Å². The Bertz CT molecular complexity index is 1010. The highest BCUT2D eigenvalue weighted by Crippen LogP contribution is 2.35. The zero-order chi connectivity index (χ0) is 18.0. The number of furan rings is 1. The average molecular weight is 417 g/mol. The number of sulfonamides is 1. The van der Waals surface area contributed by atoms with Gasteiger partial charge in [-0.25, -0.2) is 8.42 Å². The first-order valence-corrected chi connectivity index (χ1v) is 9.83. The molecule has 6 nitrogen and oxygen atoms in total. The number of rotatable bonds is 5. The fourth-order valence-electron chi connectivity index (χ4n) is 1.98. The van der Waals surface area contributed by atoms with Crippen LogP contribution in [0.25, 0.3) is 0 Å². The molecule has 0 unspecified atom stereocenters. The molecule has 130 valence electrons. The van der Waals surface area contributed by atoms with Gasteiger partial charge in [-0.3, -0.25) is 9.52 Å². The van der Waals surface area contributed by atoms with E-state index in [2.05, 4.69) is 10.0 Å². The minimum atomic E-state index is -3.90. The van der Waals surface area contributed by atoms with Crippen molar-refractivity contribution < 1.29 is 17.6 Å². The molecule has 1 aromatic carbocycles. The highest BCUT2D eigenvalue weighted by Gasteiger charge is 2.21.